The second-order valence-corrected chi connectivity index (χ2v) is 5.08. The van der Waals surface area contributed by atoms with Crippen LogP contribution in [0.1, 0.15) is 36.1 Å². The first-order valence-electron chi connectivity index (χ1n) is 6.97. The molecule has 0 fully saturated rings. The minimum Gasteiger partial charge on any atom is -0.306 e. The van der Waals surface area contributed by atoms with Crippen molar-refractivity contribution in [2.45, 2.75) is 26.3 Å². The van der Waals surface area contributed by atoms with Crippen molar-refractivity contribution in [1.82, 2.24) is 5.32 Å². The maximum atomic E-state index is 14.1. The fourth-order valence-corrected chi connectivity index (χ4v) is 2.30. The summed E-state index contributed by atoms with van der Waals surface area (Å²) >= 11 is 0. The van der Waals surface area contributed by atoms with Crippen LogP contribution in [0.15, 0.2) is 36.4 Å². The topological polar surface area (TPSA) is 12.0 Å². The molecule has 0 spiro atoms. The monoisotopic (exact) mass is 293 g/mol. The highest BCUT2D eigenvalue weighted by Gasteiger charge is 2.21. The number of hydrogen-bond donors (Lipinski definition) is 1. The number of benzene rings is 2. The highest BCUT2D eigenvalue weighted by molar-refractivity contribution is 5.36. The zero-order chi connectivity index (χ0) is 15.4. The van der Waals surface area contributed by atoms with Gasteiger partial charge in [-0.15, -0.1) is 0 Å². The van der Waals surface area contributed by atoms with Crippen molar-refractivity contribution in [3.8, 4) is 0 Å². The molecule has 0 amide bonds. The van der Waals surface area contributed by atoms with Crippen molar-refractivity contribution in [2.75, 3.05) is 6.54 Å². The van der Waals surface area contributed by atoms with Crippen LogP contribution in [-0.4, -0.2) is 6.54 Å². The molecule has 1 N–H and O–H groups in total. The number of nitrogens with one attached hydrogen (secondary N) is 1. The van der Waals surface area contributed by atoms with E-state index in [1.165, 1.54) is 18.2 Å². The van der Waals surface area contributed by atoms with Gasteiger partial charge in [0.05, 0.1) is 6.04 Å². The zero-order valence-corrected chi connectivity index (χ0v) is 12.1. The van der Waals surface area contributed by atoms with Crippen molar-refractivity contribution < 1.29 is 13.2 Å². The van der Waals surface area contributed by atoms with Crippen LogP contribution in [0.3, 0.4) is 0 Å². The van der Waals surface area contributed by atoms with Gasteiger partial charge in [0.15, 0.2) is 0 Å². The Morgan fingerprint density at radius 3 is 2.38 bits per heavy atom. The molecule has 0 aliphatic rings. The third-order valence-electron chi connectivity index (χ3n) is 3.33. The Morgan fingerprint density at radius 2 is 1.71 bits per heavy atom. The lowest BCUT2D eigenvalue weighted by Crippen LogP contribution is -2.25. The average Bonchev–Trinajstić information content (AvgIpc) is 2.44. The molecule has 4 heteroatoms. The lowest BCUT2D eigenvalue weighted by Gasteiger charge is -2.21. The van der Waals surface area contributed by atoms with Gasteiger partial charge in [-0.1, -0.05) is 30.7 Å². The highest BCUT2D eigenvalue weighted by Crippen LogP contribution is 2.27. The van der Waals surface area contributed by atoms with E-state index in [-0.39, 0.29) is 5.56 Å². The molecular formula is C17H18F3N. The molecule has 1 atom stereocenters. The Morgan fingerprint density at radius 1 is 0.952 bits per heavy atom. The maximum Gasteiger partial charge on any atom is 0.131 e. The Kier molecular flexibility index (Phi) is 5.02. The van der Waals surface area contributed by atoms with E-state index in [4.69, 9.17) is 0 Å². The van der Waals surface area contributed by atoms with Crippen molar-refractivity contribution >= 4 is 0 Å². The molecular weight excluding hydrogens is 275 g/mol. The lowest BCUT2D eigenvalue weighted by atomic mass is 9.96. The summed E-state index contributed by atoms with van der Waals surface area (Å²) in [5.74, 6) is -1.72. The van der Waals surface area contributed by atoms with Gasteiger partial charge in [-0.25, -0.2) is 13.2 Å². The predicted molar refractivity (Wildman–Crippen MR) is 77.6 cm³/mol. The summed E-state index contributed by atoms with van der Waals surface area (Å²) in [6.07, 6.45) is 0.826. The normalized spacial score (nSPS) is 12.4. The van der Waals surface area contributed by atoms with Gasteiger partial charge in [-0.05, 0) is 32.0 Å². The molecule has 21 heavy (non-hydrogen) atoms. The molecule has 0 saturated heterocycles. The Hall–Kier alpha value is -1.81. The first kappa shape index (κ1) is 15.6. The summed E-state index contributed by atoms with van der Waals surface area (Å²) in [6.45, 7) is 4.42. The van der Waals surface area contributed by atoms with Crippen molar-refractivity contribution in [1.29, 1.82) is 0 Å². The minimum absolute atomic E-state index is 0.245. The van der Waals surface area contributed by atoms with Gasteiger partial charge >= 0.3 is 0 Å². The average molecular weight is 293 g/mol. The summed E-state index contributed by atoms with van der Waals surface area (Å²) < 4.78 is 41.2. The van der Waals surface area contributed by atoms with Crippen LogP contribution in [0.25, 0.3) is 0 Å². The first-order chi connectivity index (χ1) is 10.0. The summed E-state index contributed by atoms with van der Waals surface area (Å²) in [5.41, 5.74) is 1.50. The molecule has 1 unspecified atom stereocenters. The van der Waals surface area contributed by atoms with E-state index in [2.05, 4.69) is 5.32 Å². The number of hydrogen-bond acceptors (Lipinski definition) is 1. The van der Waals surface area contributed by atoms with Crippen molar-refractivity contribution in [3.63, 3.8) is 0 Å². The first-order valence-corrected chi connectivity index (χ1v) is 6.97. The van der Waals surface area contributed by atoms with E-state index < -0.39 is 23.5 Å². The zero-order valence-electron chi connectivity index (χ0n) is 12.1. The van der Waals surface area contributed by atoms with Crippen molar-refractivity contribution in [2.24, 2.45) is 0 Å². The van der Waals surface area contributed by atoms with Gasteiger partial charge in [0, 0.05) is 17.2 Å². The van der Waals surface area contributed by atoms with Crippen LogP contribution in [0, 0.1) is 24.4 Å². The van der Waals surface area contributed by atoms with Crippen LogP contribution >= 0.6 is 0 Å². The molecule has 0 saturated carbocycles. The molecule has 0 heterocycles. The Bertz CT molecular complexity index is 625. The molecule has 1 nitrogen and oxygen atoms in total. The largest absolute Gasteiger partial charge is 0.306 e. The van der Waals surface area contributed by atoms with Crippen LogP contribution < -0.4 is 5.32 Å². The smallest absolute Gasteiger partial charge is 0.131 e. The van der Waals surface area contributed by atoms with E-state index in [9.17, 15) is 13.2 Å². The van der Waals surface area contributed by atoms with Gasteiger partial charge in [0.2, 0.25) is 0 Å². The second-order valence-electron chi connectivity index (χ2n) is 5.08. The summed E-state index contributed by atoms with van der Waals surface area (Å²) in [5, 5.41) is 3.13. The van der Waals surface area contributed by atoms with Crippen molar-refractivity contribution in [3.05, 3.63) is 70.5 Å². The maximum absolute atomic E-state index is 14.1. The minimum atomic E-state index is -0.676. The molecule has 0 aliphatic heterocycles. The summed E-state index contributed by atoms with van der Waals surface area (Å²) in [7, 11) is 0. The predicted octanol–water partition coefficient (Wildman–Crippen LogP) is 4.50. The fourth-order valence-electron chi connectivity index (χ4n) is 2.30. The molecule has 0 aromatic heterocycles. The standard InChI is InChI=1S/C17H18F3N/c1-3-8-21-17(13-6-5-12(18)10-16(13)20)14-9-11(2)4-7-15(14)19/h4-7,9-10,17,21H,3,8H2,1-2H3. The van der Waals surface area contributed by atoms with E-state index >= 15 is 0 Å². The van der Waals surface area contributed by atoms with Gasteiger partial charge < -0.3 is 5.32 Å². The SMILES string of the molecule is CCCNC(c1ccc(F)cc1F)c1cc(C)ccc1F. The highest BCUT2D eigenvalue weighted by atomic mass is 19.1. The van der Waals surface area contributed by atoms with E-state index in [1.54, 1.807) is 12.1 Å². The van der Waals surface area contributed by atoms with Crippen LogP contribution in [0.5, 0.6) is 0 Å². The third kappa shape index (κ3) is 3.64. The van der Waals surface area contributed by atoms with Gasteiger partial charge in [-0.2, -0.15) is 0 Å². The van der Waals surface area contributed by atoms with Gasteiger partial charge in [0.25, 0.3) is 0 Å². The molecule has 112 valence electrons. The summed E-state index contributed by atoms with van der Waals surface area (Å²) in [4.78, 5) is 0. The third-order valence-corrected chi connectivity index (χ3v) is 3.33. The lowest BCUT2D eigenvalue weighted by molar-refractivity contribution is 0.513. The molecule has 2 aromatic rings. The number of aryl methyl sites for hydroxylation is 1. The fraction of sp³-hybridized carbons (Fsp3) is 0.294. The molecule has 2 rings (SSSR count). The molecule has 2 aromatic carbocycles. The quantitative estimate of drug-likeness (QED) is 0.855. The van der Waals surface area contributed by atoms with Gasteiger partial charge in [0.1, 0.15) is 17.5 Å². The summed E-state index contributed by atoms with van der Waals surface area (Å²) in [6, 6.07) is 7.45. The molecule has 0 bridgehead atoms. The van der Waals surface area contributed by atoms with E-state index in [1.807, 2.05) is 13.8 Å². The van der Waals surface area contributed by atoms with Crippen LogP contribution in [0.4, 0.5) is 13.2 Å². The van der Waals surface area contributed by atoms with Gasteiger partial charge in [-0.3, -0.25) is 0 Å². The Balaban J connectivity index is 2.49. The second kappa shape index (κ2) is 6.76. The molecule has 0 aliphatic carbocycles. The van der Waals surface area contributed by atoms with E-state index in [0.717, 1.165) is 18.1 Å². The van der Waals surface area contributed by atoms with E-state index in [0.29, 0.717) is 12.1 Å². The van der Waals surface area contributed by atoms with Crippen LogP contribution in [0.2, 0.25) is 0 Å². The van der Waals surface area contributed by atoms with Crippen LogP contribution in [-0.2, 0) is 0 Å². The number of halogens is 3. The Labute approximate surface area is 122 Å². The molecule has 0 radical (unpaired) electrons. The number of rotatable bonds is 5.